The summed E-state index contributed by atoms with van der Waals surface area (Å²) in [6.07, 6.45) is 5.06. The van der Waals surface area contributed by atoms with Gasteiger partial charge in [-0.3, -0.25) is 9.78 Å². The number of amidine groups is 1. The van der Waals surface area contributed by atoms with Crippen molar-refractivity contribution in [1.29, 1.82) is 0 Å². The number of nitrogens with one attached hydrogen (secondary N) is 1. The van der Waals surface area contributed by atoms with Crippen LogP contribution in [0.1, 0.15) is 11.1 Å². The third-order valence-electron chi connectivity index (χ3n) is 3.03. The molecule has 1 N–H and O–H groups in total. The van der Waals surface area contributed by atoms with Crippen LogP contribution in [0.4, 0.5) is 0 Å². The number of carbonyl (C=O) groups is 1. The van der Waals surface area contributed by atoms with Gasteiger partial charge >= 0.3 is 0 Å². The van der Waals surface area contributed by atoms with E-state index in [0.717, 1.165) is 16.9 Å². The molecule has 1 aromatic heterocycles. The van der Waals surface area contributed by atoms with Crippen molar-refractivity contribution in [3.05, 3.63) is 65.6 Å². The minimum atomic E-state index is -0.225. The first-order valence-electron chi connectivity index (χ1n) is 6.42. The molecule has 0 unspecified atom stereocenters. The minimum absolute atomic E-state index is 0.225. The molecule has 0 atom stereocenters. The molecule has 5 nitrogen and oxygen atoms in total. The molecule has 1 aromatic carbocycles. The second-order valence-electron chi connectivity index (χ2n) is 4.46. The summed E-state index contributed by atoms with van der Waals surface area (Å²) < 4.78 is 5.16. The van der Waals surface area contributed by atoms with Crippen LogP contribution in [0.2, 0.25) is 0 Å². The fraction of sp³-hybridized carbons (Fsp3) is 0.0625. The van der Waals surface area contributed by atoms with Crippen LogP contribution < -0.4 is 10.1 Å². The number of hydrogen-bond donors (Lipinski definition) is 1. The molecule has 0 saturated carbocycles. The van der Waals surface area contributed by atoms with Crippen molar-refractivity contribution in [3.63, 3.8) is 0 Å². The van der Waals surface area contributed by atoms with Crippen molar-refractivity contribution in [1.82, 2.24) is 10.3 Å². The SMILES string of the molecule is COc1cccc(/C=C2/N=C(c3cccnc3)NC2=O)c1. The van der Waals surface area contributed by atoms with Crippen LogP contribution in [-0.4, -0.2) is 23.8 Å². The van der Waals surface area contributed by atoms with Crippen LogP contribution in [-0.2, 0) is 4.79 Å². The third-order valence-corrected chi connectivity index (χ3v) is 3.03. The van der Waals surface area contributed by atoms with Gasteiger partial charge in [-0.05, 0) is 35.9 Å². The van der Waals surface area contributed by atoms with Gasteiger partial charge in [0.2, 0.25) is 0 Å². The fourth-order valence-corrected chi connectivity index (χ4v) is 2.00. The Morgan fingerprint density at radius 3 is 2.90 bits per heavy atom. The number of ether oxygens (including phenoxy) is 1. The van der Waals surface area contributed by atoms with E-state index in [0.29, 0.717) is 11.5 Å². The number of carbonyl (C=O) groups excluding carboxylic acids is 1. The quantitative estimate of drug-likeness (QED) is 0.874. The van der Waals surface area contributed by atoms with E-state index in [-0.39, 0.29) is 5.91 Å². The Hall–Kier alpha value is -2.95. The van der Waals surface area contributed by atoms with E-state index in [2.05, 4.69) is 15.3 Å². The van der Waals surface area contributed by atoms with Gasteiger partial charge in [0.1, 0.15) is 17.3 Å². The van der Waals surface area contributed by atoms with Crippen molar-refractivity contribution in [2.75, 3.05) is 7.11 Å². The third kappa shape index (κ3) is 2.81. The average molecular weight is 279 g/mol. The summed E-state index contributed by atoms with van der Waals surface area (Å²) in [5.41, 5.74) is 2.00. The number of methoxy groups -OCH3 is 1. The number of benzene rings is 1. The van der Waals surface area contributed by atoms with E-state index in [1.807, 2.05) is 30.3 Å². The van der Waals surface area contributed by atoms with Crippen molar-refractivity contribution in [3.8, 4) is 5.75 Å². The monoisotopic (exact) mass is 279 g/mol. The molecule has 1 aliphatic heterocycles. The zero-order chi connectivity index (χ0) is 14.7. The van der Waals surface area contributed by atoms with Gasteiger partial charge in [-0.15, -0.1) is 0 Å². The molecule has 21 heavy (non-hydrogen) atoms. The summed E-state index contributed by atoms with van der Waals surface area (Å²) in [5.74, 6) is 1.03. The topological polar surface area (TPSA) is 63.6 Å². The van der Waals surface area contributed by atoms with Crippen LogP contribution in [0.5, 0.6) is 5.75 Å². The number of rotatable bonds is 3. The van der Waals surface area contributed by atoms with Gasteiger partial charge < -0.3 is 10.1 Å². The molecular weight excluding hydrogens is 266 g/mol. The maximum Gasteiger partial charge on any atom is 0.275 e. The fourth-order valence-electron chi connectivity index (χ4n) is 2.00. The van der Waals surface area contributed by atoms with Gasteiger partial charge in [-0.2, -0.15) is 0 Å². The first kappa shape index (κ1) is 13.1. The number of aromatic nitrogens is 1. The highest BCUT2D eigenvalue weighted by Gasteiger charge is 2.21. The number of nitrogens with zero attached hydrogens (tertiary/aromatic N) is 2. The van der Waals surface area contributed by atoms with Crippen molar-refractivity contribution >= 4 is 17.8 Å². The molecule has 2 heterocycles. The summed E-state index contributed by atoms with van der Waals surface area (Å²) in [5, 5.41) is 2.74. The van der Waals surface area contributed by atoms with Crippen LogP contribution in [0.15, 0.2) is 59.5 Å². The Morgan fingerprint density at radius 2 is 2.14 bits per heavy atom. The number of hydrogen-bond acceptors (Lipinski definition) is 4. The number of pyridine rings is 1. The molecule has 5 heteroatoms. The van der Waals surface area contributed by atoms with Gasteiger partial charge in [-0.1, -0.05) is 12.1 Å². The zero-order valence-corrected chi connectivity index (χ0v) is 11.4. The predicted octanol–water partition coefficient (Wildman–Crippen LogP) is 2.01. The summed E-state index contributed by atoms with van der Waals surface area (Å²) in [7, 11) is 1.60. The van der Waals surface area contributed by atoms with E-state index in [1.54, 1.807) is 31.6 Å². The van der Waals surface area contributed by atoms with Gasteiger partial charge in [0.05, 0.1) is 7.11 Å². The lowest BCUT2D eigenvalue weighted by molar-refractivity contribution is -0.115. The molecule has 0 bridgehead atoms. The molecule has 0 radical (unpaired) electrons. The maximum atomic E-state index is 12.0. The maximum absolute atomic E-state index is 12.0. The van der Waals surface area contributed by atoms with Gasteiger partial charge in [0.15, 0.2) is 0 Å². The van der Waals surface area contributed by atoms with Crippen LogP contribution in [0.3, 0.4) is 0 Å². The smallest absolute Gasteiger partial charge is 0.275 e. The minimum Gasteiger partial charge on any atom is -0.497 e. The van der Waals surface area contributed by atoms with E-state index in [1.165, 1.54) is 0 Å². The molecule has 0 fully saturated rings. The van der Waals surface area contributed by atoms with Crippen LogP contribution >= 0.6 is 0 Å². The van der Waals surface area contributed by atoms with Crippen molar-refractivity contribution < 1.29 is 9.53 Å². The van der Waals surface area contributed by atoms with E-state index >= 15 is 0 Å². The predicted molar refractivity (Wildman–Crippen MR) is 79.9 cm³/mol. The molecule has 3 rings (SSSR count). The first-order chi connectivity index (χ1) is 10.3. The first-order valence-corrected chi connectivity index (χ1v) is 6.42. The second kappa shape index (κ2) is 5.58. The lowest BCUT2D eigenvalue weighted by Crippen LogP contribution is -2.24. The lowest BCUT2D eigenvalue weighted by Gasteiger charge is -2.00. The summed E-state index contributed by atoms with van der Waals surface area (Å²) in [6.45, 7) is 0. The Bertz CT molecular complexity index is 736. The largest absolute Gasteiger partial charge is 0.497 e. The lowest BCUT2D eigenvalue weighted by atomic mass is 10.2. The second-order valence-corrected chi connectivity index (χ2v) is 4.46. The molecule has 0 aliphatic carbocycles. The summed E-state index contributed by atoms with van der Waals surface area (Å²) in [6, 6.07) is 11.1. The molecular formula is C16H13N3O2. The van der Waals surface area contributed by atoms with E-state index in [9.17, 15) is 4.79 Å². The highest BCUT2D eigenvalue weighted by molar-refractivity contribution is 6.19. The standard InChI is InChI=1S/C16H13N3O2/c1-21-13-6-2-4-11(8-13)9-14-16(20)19-15(18-14)12-5-3-7-17-10-12/h2-10H,1H3,(H,18,19,20)/b14-9+. The normalized spacial score (nSPS) is 15.8. The average Bonchev–Trinajstić information content (AvgIpc) is 2.89. The molecule has 0 saturated heterocycles. The van der Waals surface area contributed by atoms with E-state index in [4.69, 9.17) is 4.74 Å². The summed E-state index contributed by atoms with van der Waals surface area (Å²) >= 11 is 0. The van der Waals surface area contributed by atoms with Crippen molar-refractivity contribution in [2.24, 2.45) is 4.99 Å². The molecule has 2 aromatic rings. The highest BCUT2D eigenvalue weighted by Crippen LogP contribution is 2.18. The Kier molecular flexibility index (Phi) is 3.47. The van der Waals surface area contributed by atoms with Gasteiger partial charge in [0.25, 0.3) is 5.91 Å². The van der Waals surface area contributed by atoms with E-state index < -0.39 is 0 Å². The summed E-state index contributed by atoms with van der Waals surface area (Å²) in [4.78, 5) is 20.3. The van der Waals surface area contributed by atoms with Crippen LogP contribution in [0.25, 0.3) is 6.08 Å². The Morgan fingerprint density at radius 1 is 1.24 bits per heavy atom. The van der Waals surface area contributed by atoms with Crippen LogP contribution in [0, 0.1) is 0 Å². The molecule has 1 amide bonds. The zero-order valence-electron chi connectivity index (χ0n) is 11.4. The molecule has 1 aliphatic rings. The van der Waals surface area contributed by atoms with Crippen molar-refractivity contribution in [2.45, 2.75) is 0 Å². The highest BCUT2D eigenvalue weighted by atomic mass is 16.5. The van der Waals surface area contributed by atoms with Gasteiger partial charge in [-0.25, -0.2) is 4.99 Å². The Labute approximate surface area is 122 Å². The molecule has 104 valence electrons. The number of amides is 1. The molecule has 0 spiro atoms. The Balaban J connectivity index is 1.93. The number of aliphatic imine (C=N–C) groups is 1. The van der Waals surface area contributed by atoms with Gasteiger partial charge in [0, 0.05) is 18.0 Å².